The monoisotopic (exact) mass is 2060 g/mol. The Morgan fingerprint density at radius 3 is 0.487 bits per heavy atom. The van der Waals surface area contributed by atoms with Crippen LogP contribution in [0.15, 0.2) is 413 Å². The van der Waals surface area contributed by atoms with Gasteiger partial charge in [-0.2, -0.15) is 0 Å². The van der Waals surface area contributed by atoms with E-state index in [1.54, 1.807) is 0 Å². The zero-order valence-electron chi connectivity index (χ0n) is 86.4. The highest BCUT2D eigenvalue weighted by Crippen LogP contribution is 2.57. The molecule has 0 unspecified atom stereocenters. The second-order valence-corrected chi connectivity index (χ2v) is 46.1. The number of hydrogen-bond acceptors (Lipinski definition) is 16. The SMILES string of the molecule is CC(C)(C)c1cc(C(C)(CC(=O)OCCOC(=O)CC(C)(c2ccc(OP(Oc3cccc4ccccc34)Oc3cccc4ccccc34)c(C(C)(C)C)c2)c2ccc(OP(Oc3cccc4ccccc34)Oc3cccc4ccccc34)c(C(C)(C)C)c2)c2ccc(OP(Oc3cccc4ccccc34)Oc3cccc4ccccc34)c(C(C)(C)C)c2)ccc1OP(Oc1cccc2ccccc12)Oc1cccc2ccccc12. The van der Waals surface area contributed by atoms with Gasteiger partial charge in [-0.05, 0) is 160 Å². The molecule has 0 saturated carbocycles. The smallest absolute Gasteiger partial charge is 0.462 e. The number of esters is 2. The van der Waals surface area contributed by atoms with Crippen molar-refractivity contribution in [3.05, 3.63) is 457 Å². The fourth-order valence-corrected chi connectivity index (χ4v) is 23.6. The molecule has 16 nitrogen and oxygen atoms in total. The number of carbonyl (C=O) groups excluding carboxylic acids is 2. The van der Waals surface area contributed by atoms with Crippen molar-refractivity contribution in [1.29, 1.82) is 0 Å². The molecule has 0 atom stereocenters. The van der Waals surface area contributed by atoms with Crippen LogP contribution in [0.2, 0.25) is 0 Å². The van der Waals surface area contributed by atoms with Crippen molar-refractivity contribution in [1.82, 2.24) is 0 Å². The third kappa shape index (κ3) is 22.8. The molecule has 0 aliphatic heterocycles. The summed E-state index contributed by atoms with van der Waals surface area (Å²) in [5.74, 6) is 5.66. The Morgan fingerprint density at radius 2 is 0.327 bits per heavy atom. The summed E-state index contributed by atoms with van der Waals surface area (Å²) in [5, 5.41) is 15.1. The molecule has 20 aromatic carbocycles. The van der Waals surface area contributed by atoms with Crippen LogP contribution in [-0.4, -0.2) is 25.2 Å². The van der Waals surface area contributed by atoms with Crippen LogP contribution in [0.1, 0.15) is 154 Å². The summed E-state index contributed by atoms with van der Waals surface area (Å²) >= 11 is 0. The molecule has 0 N–H and O–H groups in total. The molecule has 0 aliphatic carbocycles. The van der Waals surface area contributed by atoms with Crippen LogP contribution >= 0.6 is 34.4 Å². The predicted molar refractivity (Wildman–Crippen MR) is 611 cm³/mol. The molecule has 754 valence electrons. The Balaban J connectivity index is 0.649. The number of hydrogen-bond donors (Lipinski definition) is 0. The normalized spacial score (nSPS) is 12.2. The summed E-state index contributed by atoms with van der Waals surface area (Å²) in [6, 6.07) is 137. The van der Waals surface area contributed by atoms with Gasteiger partial charge in [-0.25, -0.2) is 0 Å². The van der Waals surface area contributed by atoms with E-state index in [1.807, 2.05) is 291 Å². The van der Waals surface area contributed by atoms with E-state index in [0.717, 1.165) is 131 Å². The number of carbonyl (C=O) groups is 2. The van der Waals surface area contributed by atoms with Crippen molar-refractivity contribution in [2.75, 3.05) is 13.2 Å². The fourth-order valence-electron chi connectivity index (χ4n) is 19.3. The summed E-state index contributed by atoms with van der Waals surface area (Å²) in [5.41, 5.74) is 1.50. The van der Waals surface area contributed by atoms with Crippen LogP contribution < -0.4 is 54.3 Å². The lowest BCUT2D eigenvalue weighted by Crippen LogP contribution is -2.31. The number of benzene rings is 20. The van der Waals surface area contributed by atoms with E-state index in [4.69, 9.17) is 63.8 Å². The van der Waals surface area contributed by atoms with Crippen molar-refractivity contribution in [2.45, 2.75) is 142 Å². The van der Waals surface area contributed by atoms with Gasteiger partial charge in [0.15, 0.2) is 0 Å². The van der Waals surface area contributed by atoms with Crippen LogP contribution in [0.3, 0.4) is 0 Å². The summed E-state index contributed by atoms with van der Waals surface area (Å²) in [4.78, 5) is 31.5. The van der Waals surface area contributed by atoms with Gasteiger partial charge < -0.3 is 63.8 Å². The van der Waals surface area contributed by atoms with Gasteiger partial charge in [-0.1, -0.05) is 437 Å². The molecule has 150 heavy (non-hydrogen) atoms. The van der Waals surface area contributed by atoms with Crippen LogP contribution in [0.25, 0.3) is 86.2 Å². The number of fused-ring (bicyclic) bond motifs is 8. The summed E-state index contributed by atoms with van der Waals surface area (Å²) in [7, 11) is -9.00. The van der Waals surface area contributed by atoms with Crippen molar-refractivity contribution < 1.29 is 73.3 Å². The molecular formula is C130H118O16P4. The molecule has 20 aromatic rings. The zero-order chi connectivity index (χ0) is 104. The molecule has 0 spiro atoms. The van der Waals surface area contributed by atoms with E-state index in [0.29, 0.717) is 69.0 Å². The highest BCUT2D eigenvalue weighted by Gasteiger charge is 2.42. The Morgan fingerprint density at radius 1 is 0.180 bits per heavy atom. The summed E-state index contributed by atoms with van der Waals surface area (Å²) in [6.45, 7) is 29.2. The van der Waals surface area contributed by atoms with Gasteiger partial charge in [0.05, 0.1) is 12.8 Å². The van der Waals surface area contributed by atoms with Crippen LogP contribution in [0.4, 0.5) is 0 Å². The van der Waals surface area contributed by atoms with E-state index >= 15 is 9.59 Å². The second-order valence-electron chi connectivity index (χ2n) is 42.1. The van der Waals surface area contributed by atoms with Crippen LogP contribution in [-0.2, 0) is 51.6 Å². The molecule has 0 aliphatic rings. The first-order valence-corrected chi connectivity index (χ1v) is 54.9. The summed E-state index contributed by atoms with van der Waals surface area (Å²) < 4.78 is 98.0. The Kier molecular flexibility index (Phi) is 29.6. The largest absolute Gasteiger partial charge is 0.530 e. The first-order valence-electron chi connectivity index (χ1n) is 50.5. The molecule has 0 aromatic heterocycles. The lowest BCUT2D eigenvalue weighted by Gasteiger charge is -2.35. The van der Waals surface area contributed by atoms with Crippen molar-refractivity contribution in [3.63, 3.8) is 0 Å². The standard InChI is InChI=1S/C130H118O16P4/c1-125(2,3)107-81-95(71-75-119(107)143-147(135-111-63-31-47-87-39-15-23-55-99(87)111)136-112-64-32-48-88-40-16-24-56-100(88)112)129(13,96-72-76-120(108(82-96)126(4,5)6)144-148(137-113-65-33-49-89-41-17-25-57-101(89)113)138-114-66-34-50-90-42-18-26-58-102(90)114)85-123(131)133-79-80-134-124(132)86-130(14,97-73-77-121(109(83-97)127(7,8)9)145-149(139-115-67-35-51-91-43-19-27-59-103(91)115)140-116-68-36-52-92-44-20-28-60-104(92)116)98-74-78-122(110(84-98)128(10,11)12)146-150(141-117-69-37-53-93-45-21-29-61-105(93)117)142-118-70-38-54-94-46-22-30-62-106(94)118/h15-78,81-84H,79-80,85-86H2,1-14H3. The minimum absolute atomic E-state index is 0.195. The van der Waals surface area contributed by atoms with E-state index < -0.39 is 78.8 Å². The van der Waals surface area contributed by atoms with Crippen LogP contribution in [0.5, 0.6) is 69.0 Å². The average Bonchev–Trinajstić information content (AvgIpc) is 0.753. The van der Waals surface area contributed by atoms with Gasteiger partial charge in [0.25, 0.3) is 0 Å². The zero-order valence-corrected chi connectivity index (χ0v) is 90.0. The van der Waals surface area contributed by atoms with E-state index in [2.05, 4.69) is 218 Å². The molecule has 0 heterocycles. The molecule has 0 fully saturated rings. The summed E-state index contributed by atoms with van der Waals surface area (Å²) in [6.07, 6.45) is -0.390. The minimum Gasteiger partial charge on any atom is -0.462 e. The van der Waals surface area contributed by atoms with Gasteiger partial charge in [-0.3, -0.25) is 9.59 Å². The molecule has 0 saturated heterocycles. The maximum atomic E-state index is 15.8. The fraction of sp³-hybridized carbons (Fsp3) is 0.185. The minimum atomic E-state index is -2.25. The average molecular weight is 2060 g/mol. The van der Waals surface area contributed by atoms with Crippen molar-refractivity contribution in [2.24, 2.45) is 0 Å². The molecular weight excluding hydrogens is 1940 g/mol. The van der Waals surface area contributed by atoms with Gasteiger partial charge in [0, 0.05) is 76.2 Å². The molecule has 0 radical (unpaired) electrons. The Labute approximate surface area is 881 Å². The first kappa shape index (κ1) is 102. The maximum absolute atomic E-state index is 15.8. The van der Waals surface area contributed by atoms with Gasteiger partial charge in [0.1, 0.15) is 82.2 Å². The third-order valence-electron chi connectivity index (χ3n) is 27.4. The van der Waals surface area contributed by atoms with Crippen molar-refractivity contribution >= 4 is 133 Å². The quantitative estimate of drug-likeness (QED) is 0.0209. The predicted octanol–water partition coefficient (Wildman–Crippen LogP) is 36.3. The molecule has 0 bridgehead atoms. The highest BCUT2D eigenvalue weighted by molar-refractivity contribution is 7.44. The highest BCUT2D eigenvalue weighted by atomic mass is 31.2. The molecule has 20 rings (SSSR count). The van der Waals surface area contributed by atoms with E-state index in [-0.39, 0.29) is 26.1 Å². The molecule has 0 amide bonds. The third-order valence-corrected chi connectivity index (χ3v) is 31.5. The lowest BCUT2D eigenvalue weighted by molar-refractivity contribution is -0.153. The maximum Gasteiger partial charge on any atom is 0.530 e. The van der Waals surface area contributed by atoms with E-state index in [9.17, 15) is 0 Å². The van der Waals surface area contributed by atoms with Crippen molar-refractivity contribution in [3.8, 4) is 69.0 Å². The second kappa shape index (κ2) is 43.5. The Hall–Kier alpha value is -15.3. The number of rotatable bonds is 35. The van der Waals surface area contributed by atoms with Gasteiger partial charge >= 0.3 is 46.3 Å². The van der Waals surface area contributed by atoms with Gasteiger partial charge in [-0.15, -0.1) is 0 Å². The van der Waals surface area contributed by atoms with Crippen LogP contribution in [0, 0.1) is 0 Å². The Bertz CT molecular complexity index is 7080. The lowest BCUT2D eigenvalue weighted by atomic mass is 9.70. The van der Waals surface area contributed by atoms with E-state index in [1.165, 1.54) is 0 Å². The van der Waals surface area contributed by atoms with Gasteiger partial charge in [0.2, 0.25) is 0 Å². The topological polar surface area (TPSA) is 163 Å². The molecule has 20 heteroatoms. The number of ether oxygens (including phenoxy) is 2. The first-order chi connectivity index (χ1) is 72.4.